The molecule has 0 atom stereocenters. The fourth-order valence-corrected chi connectivity index (χ4v) is 5.76. The quantitative estimate of drug-likeness (QED) is 0.512. The van der Waals surface area contributed by atoms with Gasteiger partial charge in [0, 0.05) is 16.4 Å². The molecule has 0 aliphatic rings. The van der Waals surface area contributed by atoms with E-state index in [1.165, 1.54) is 21.4 Å². The van der Waals surface area contributed by atoms with Crippen LogP contribution >= 0.6 is 7.92 Å². The van der Waals surface area contributed by atoms with Crippen molar-refractivity contribution in [1.29, 1.82) is 0 Å². The van der Waals surface area contributed by atoms with E-state index < -0.39 is 0 Å². The van der Waals surface area contributed by atoms with Crippen molar-refractivity contribution in [1.82, 2.24) is 0 Å². The van der Waals surface area contributed by atoms with E-state index in [0.29, 0.717) is 0 Å². The van der Waals surface area contributed by atoms with E-state index in [1.807, 2.05) is 0 Å². The normalized spacial score (nSPS) is 10.9. The largest absolute Gasteiger partial charge is 0.0673 e. The smallest absolute Gasteiger partial charge is 0.0388 e. The van der Waals surface area contributed by atoms with Gasteiger partial charge in [-0.2, -0.15) is 0 Å². The first kappa shape index (κ1) is 14.3. The summed E-state index contributed by atoms with van der Waals surface area (Å²) in [5, 5.41) is 4.45. The first-order chi connectivity index (χ1) is 10.3. The molecule has 3 aromatic rings. The minimum atomic E-state index is -0.321. The van der Waals surface area contributed by atoms with E-state index >= 15 is 0 Å². The molecule has 0 aromatic heterocycles. The molecule has 0 heterocycles. The van der Waals surface area contributed by atoms with Gasteiger partial charge in [-0.1, -0.05) is 90.1 Å². The molecule has 21 heavy (non-hydrogen) atoms. The molecule has 0 fully saturated rings. The van der Waals surface area contributed by atoms with Crippen LogP contribution in [0, 0.1) is 0 Å². The van der Waals surface area contributed by atoms with Crippen molar-refractivity contribution in [3.63, 3.8) is 0 Å². The Hall–Kier alpha value is -1.69. The van der Waals surface area contributed by atoms with E-state index in [1.54, 1.807) is 0 Å². The standard InChI is InChI=1S/C19H19PSi/c21-19-14-8-7-9-16(19)15-20(17-10-3-1-4-11-17)18-12-5-2-6-13-18/h1-14H,15H2,21H3. The molecule has 3 rings (SSSR count). The van der Waals surface area contributed by atoms with Crippen LogP contribution in [0.1, 0.15) is 5.56 Å². The number of rotatable bonds is 4. The molecule has 0 unspecified atom stereocenters. The highest BCUT2D eigenvalue weighted by Crippen LogP contribution is 2.37. The lowest BCUT2D eigenvalue weighted by molar-refractivity contribution is 1.44. The third-order valence-electron chi connectivity index (χ3n) is 3.73. The Balaban J connectivity index is 1.99. The van der Waals surface area contributed by atoms with E-state index in [0.717, 1.165) is 16.4 Å². The lowest BCUT2D eigenvalue weighted by Crippen LogP contribution is -2.17. The third-order valence-corrected chi connectivity index (χ3v) is 7.20. The van der Waals surface area contributed by atoms with E-state index in [-0.39, 0.29) is 7.92 Å². The topological polar surface area (TPSA) is 0 Å². The summed E-state index contributed by atoms with van der Waals surface area (Å²) in [5.74, 6) is 0. The van der Waals surface area contributed by atoms with Gasteiger partial charge in [0.2, 0.25) is 0 Å². The van der Waals surface area contributed by atoms with Gasteiger partial charge in [0.1, 0.15) is 0 Å². The molecular weight excluding hydrogens is 287 g/mol. The van der Waals surface area contributed by atoms with Crippen LogP contribution in [0.15, 0.2) is 84.9 Å². The summed E-state index contributed by atoms with van der Waals surface area (Å²) in [4.78, 5) is 0. The van der Waals surface area contributed by atoms with E-state index in [4.69, 9.17) is 0 Å². The molecule has 0 saturated carbocycles. The summed E-state index contributed by atoms with van der Waals surface area (Å²) < 4.78 is 0. The minimum absolute atomic E-state index is 0.321. The van der Waals surface area contributed by atoms with Crippen molar-refractivity contribution in [3.05, 3.63) is 90.5 Å². The van der Waals surface area contributed by atoms with Crippen LogP contribution in [0.4, 0.5) is 0 Å². The molecule has 0 amide bonds. The van der Waals surface area contributed by atoms with Crippen molar-refractivity contribution in [3.8, 4) is 0 Å². The van der Waals surface area contributed by atoms with Crippen molar-refractivity contribution in [2.75, 3.05) is 0 Å². The zero-order valence-electron chi connectivity index (χ0n) is 12.2. The van der Waals surface area contributed by atoms with E-state index in [9.17, 15) is 0 Å². The van der Waals surface area contributed by atoms with Crippen molar-refractivity contribution in [2.24, 2.45) is 0 Å². The monoisotopic (exact) mass is 306 g/mol. The first-order valence-corrected chi connectivity index (χ1v) is 9.79. The van der Waals surface area contributed by atoms with Crippen LogP contribution in [0.3, 0.4) is 0 Å². The fraction of sp³-hybridized carbons (Fsp3) is 0.0526. The van der Waals surface area contributed by atoms with Gasteiger partial charge in [0.05, 0.1) is 0 Å². The molecule has 0 radical (unpaired) electrons. The predicted molar refractivity (Wildman–Crippen MR) is 98.8 cm³/mol. The average Bonchev–Trinajstić information content (AvgIpc) is 2.56. The lowest BCUT2D eigenvalue weighted by atomic mass is 10.2. The molecule has 0 saturated heterocycles. The Bertz CT molecular complexity index is 656. The maximum absolute atomic E-state index is 2.30. The molecule has 0 bridgehead atoms. The Labute approximate surface area is 131 Å². The van der Waals surface area contributed by atoms with Crippen molar-refractivity contribution in [2.45, 2.75) is 6.16 Å². The summed E-state index contributed by atoms with van der Waals surface area (Å²) >= 11 is 0. The maximum Gasteiger partial charge on any atom is 0.0388 e. The SMILES string of the molecule is [SiH3]c1ccccc1CP(c1ccccc1)c1ccccc1. The van der Waals surface area contributed by atoms with Crippen LogP contribution in [0.2, 0.25) is 0 Å². The van der Waals surface area contributed by atoms with Gasteiger partial charge in [0.25, 0.3) is 0 Å². The van der Waals surface area contributed by atoms with Crippen LogP contribution in [-0.4, -0.2) is 10.2 Å². The molecule has 0 N–H and O–H groups in total. The van der Waals surface area contributed by atoms with Gasteiger partial charge in [-0.15, -0.1) is 0 Å². The second-order valence-electron chi connectivity index (χ2n) is 5.18. The number of hydrogen-bond acceptors (Lipinski definition) is 0. The second-order valence-corrected chi connectivity index (χ2v) is 8.47. The lowest BCUT2D eigenvalue weighted by Gasteiger charge is -2.20. The zero-order valence-corrected chi connectivity index (χ0v) is 15.1. The molecule has 2 heteroatoms. The predicted octanol–water partition coefficient (Wildman–Crippen LogP) is 2.31. The van der Waals surface area contributed by atoms with Crippen LogP contribution < -0.4 is 15.8 Å². The molecule has 0 aliphatic carbocycles. The minimum Gasteiger partial charge on any atom is -0.0673 e. The summed E-state index contributed by atoms with van der Waals surface area (Å²) in [6.07, 6.45) is 1.14. The first-order valence-electron chi connectivity index (χ1n) is 7.27. The van der Waals surface area contributed by atoms with Gasteiger partial charge in [-0.25, -0.2) is 0 Å². The second kappa shape index (κ2) is 6.84. The number of benzene rings is 3. The summed E-state index contributed by atoms with van der Waals surface area (Å²) in [7, 11) is 0.795. The average molecular weight is 306 g/mol. The van der Waals surface area contributed by atoms with Gasteiger partial charge < -0.3 is 0 Å². The van der Waals surface area contributed by atoms with E-state index in [2.05, 4.69) is 84.9 Å². The highest BCUT2D eigenvalue weighted by molar-refractivity contribution is 7.72. The Morgan fingerprint density at radius 1 is 0.619 bits per heavy atom. The summed E-state index contributed by atoms with van der Waals surface area (Å²) in [5.41, 5.74) is 1.52. The molecule has 0 spiro atoms. The van der Waals surface area contributed by atoms with Gasteiger partial charge in [-0.05, 0) is 24.1 Å². The zero-order chi connectivity index (χ0) is 14.5. The third kappa shape index (κ3) is 3.50. The van der Waals surface area contributed by atoms with Crippen LogP contribution in [-0.2, 0) is 6.16 Å². The Kier molecular flexibility index (Phi) is 4.64. The highest BCUT2D eigenvalue weighted by atomic mass is 31.1. The van der Waals surface area contributed by atoms with Crippen LogP contribution in [0.25, 0.3) is 0 Å². The molecular formula is C19H19PSi. The summed E-state index contributed by atoms with van der Waals surface area (Å²) in [6.45, 7) is 0. The van der Waals surface area contributed by atoms with Gasteiger partial charge >= 0.3 is 0 Å². The Morgan fingerprint density at radius 2 is 1.10 bits per heavy atom. The van der Waals surface area contributed by atoms with Crippen molar-refractivity contribution >= 4 is 34.0 Å². The molecule has 3 aromatic carbocycles. The molecule has 104 valence electrons. The number of hydrogen-bond donors (Lipinski definition) is 0. The van der Waals surface area contributed by atoms with Gasteiger partial charge in [0.15, 0.2) is 0 Å². The van der Waals surface area contributed by atoms with Crippen molar-refractivity contribution < 1.29 is 0 Å². The fourth-order valence-electron chi connectivity index (χ4n) is 2.51. The van der Waals surface area contributed by atoms with Crippen LogP contribution in [0.5, 0.6) is 0 Å². The highest BCUT2D eigenvalue weighted by Gasteiger charge is 2.14. The summed E-state index contributed by atoms with van der Waals surface area (Å²) in [6, 6.07) is 30.8. The molecule has 0 aliphatic heterocycles. The Morgan fingerprint density at radius 3 is 1.62 bits per heavy atom. The maximum atomic E-state index is 2.30. The van der Waals surface area contributed by atoms with Gasteiger partial charge in [-0.3, -0.25) is 0 Å². The molecule has 0 nitrogen and oxygen atoms in total.